The van der Waals surface area contributed by atoms with Crippen molar-refractivity contribution < 1.29 is 4.74 Å². The van der Waals surface area contributed by atoms with Crippen molar-refractivity contribution in [2.45, 2.75) is 51.5 Å². The summed E-state index contributed by atoms with van der Waals surface area (Å²) in [6.07, 6.45) is 7.78. The van der Waals surface area contributed by atoms with Crippen LogP contribution in [0.1, 0.15) is 51.0 Å². The Balaban J connectivity index is 1.69. The number of hydrogen-bond acceptors (Lipinski definition) is 3. The third-order valence-corrected chi connectivity index (χ3v) is 4.21. The summed E-state index contributed by atoms with van der Waals surface area (Å²) in [5, 5.41) is 8.76. The molecule has 1 saturated heterocycles. The number of hydrogen-bond donors (Lipinski definition) is 0. The Bertz CT molecular complexity index is 447. The first-order chi connectivity index (χ1) is 10.3. The average Bonchev–Trinajstić information content (AvgIpc) is 2.54. The van der Waals surface area contributed by atoms with E-state index < -0.39 is 0 Å². The lowest BCUT2D eigenvalue weighted by molar-refractivity contribution is 0.130. The van der Waals surface area contributed by atoms with Crippen LogP contribution in [-0.4, -0.2) is 30.6 Å². The summed E-state index contributed by atoms with van der Waals surface area (Å²) in [4.78, 5) is 2.65. The van der Waals surface area contributed by atoms with Crippen LogP contribution in [0.5, 0.6) is 5.75 Å². The molecule has 1 atom stereocenters. The lowest BCUT2D eigenvalue weighted by Gasteiger charge is -2.35. The Morgan fingerprint density at radius 3 is 2.81 bits per heavy atom. The first-order valence-electron chi connectivity index (χ1n) is 8.20. The van der Waals surface area contributed by atoms with E-state index >= 15 is 0 Å². The molecule has 0 N–H and O–H groups in total. The zero-order valence-corrected chi connectivity index (χ0v) is 13.1. The predicted octanol–water partition coefficient (Wildman–Crippen LogP) is 3.98. The van der Waals surface area contributed by atoms with Gasteiger partial charge in [-0.1, -0.05) is 19.8 Å². The van der Waals surface area contributed by atoms with Crippen LogP contribution in [0.4, 0.5) is 0 Å². The second-order valence-corrected chi connectivity index (χ2v) is 5.81. The monoisotopic (exact) mass is 286 g/mol. The van der Waals surface area contributed by atoms with Crippen LogP contribution in [0.2, 0.25) is 0 Å². The second-order valence-electron chi connectivity index (χ2n) is 5.81. The van der Waals surface area contributed by atoms with Gasteiger partial charge in [-0.3, -0.25) is 0 Å². The molecule has 0 aliphatic carbocycles. The number of ether oxygens (including phenoxy) is 1. The molecule has 1 aromatic carbocycles. The van der Waals surface area contributed by atoms with E-state index in [9.17, 15) is 0 Å². The number of benzene rings is 1. The molecule has 1 unspecified atom stereocenters. The molecule has 21 heavy (non-hydrogen) atoms. The maximum absolute atomic E-state index is 8.76. The highest BCUT2D eigenvalue weighted by atomic mass is 16.5. The van der Waals surface area contributed by atoms with Gasteiger partial charge in [0.25, 0.3) is 0 Å². The van der Waals surface area contributed by atoms with Crippen molar-refractivity contribution in [2.75, 3.05) is 19.7 Å². The predicted molar refractivity (Wildman–Crippen MR) is 85.4 cm³/mol. The van der Waals surface area contributed by atoms with Gasteiger partial charge in [-0.25, -0.2) is 0 Å². The molecular weight excluding hydrogens is 260 g/mol. The fraction of sp³-hybridized carbons (Fsp3) is 0.611. The third-order valence-electron chi connectivity index (χ3n) is 4.21. The van der Waals surface area contributed by atoms with Gasteiger partial charge in [-0.2, -0.15) is 5.26 Å². The van der Waals surface area contributed by atoms with Crippen LogP contribution >= 0.6 is 0 Å². The van der Waals surface area contributed by atoms with Crippen LogP contribution in [0, 0.1) is 11.3 Å². The molecule has 1 aliphatic rings. The summed E-state index contributed by atoms with van der Waals surface area (Å²) in [6.45, 7) is 5.42. The van der Waals surface area contributed by atoms with E-state index in [1.165, 1.54) is 38.6 Å². The molecule has 0 amide bonds. The molecule has 0 radical (unpaired) electrons. The highest BCUT2D eigenvalue weighted by Gasteiger charge is 2.20. The van der Waals surface area contributed by atoms with Crippen molar-refractivity contribution in [2.24, 2.45) is 0 Å². The maximum atomic E-state index is 8.76. The average molecular weight is 286 g/mol. The number of nitrogens with zero attached hydrogens (tertiary/aromatic N) is 2. The van der Waals surface area contributed by atoms with Gasteiger partial charge in [0.1, 0.15) is 5.75 Å². The minimum Gasteiger partial charge on any atom is -0.494 e. The number of piperidine rings is 1. The minimum absolute atomic E-state index is 0.679. The molecule has 0 aromatic heterocycles. The van der Waals surface area contributed by atoms with Crippen LogP contribution < -0.4 is 4.74 Å². The van der Waals surface area contributed by atoms with Crippen molar-refractivity contribution in [1.82, 2.24) is 4.90 Å². The number of rotatable bonds is 7. The van der Waals surface area contributed by atoms with Gasteiger partial charge >= 0.3 is 0 Å². The summed E-state index contributed by atoms with van der Waals surface area (Å²) in [7, 11) is 0. The molecule has 1 fully saturated rings. The summed E-state index contributed by atoms with van der Waals surface area (Å²) in [5.74, 6) is 0.859. The maximum Gasteiger partial charge on any atom is 0.119 e. The zero-order chi connectivity index (χ0) is 14.9. The summed E-state index contributed by atoms with van der Waals surface area (Å²) < 4.78 is 5.76. The van der Waals surface area contributed by atoms with E-state index in [0.29, 0.717) is 5.56 Å². The minimum atomic E-state index is 0.679. The van der Waals surface area contributed by atoms with Gasteiger partial charge in [-0.05, 0) is 56.5 Å². The van der Waals surface area contributed by atoms with Crippen molar-refractivity contribution >= 4 is 0 Å². The molecule has 0 spiro atoms. The largest absolute Gasteiger partial charge is 0.494 e. The Hall–Kier alpha value is -1.53. The molecule has 1 heterocycles. The fourth-order valence-electron chi connectivity index (χ4n) is 3.10. The van der Waals surface area contributed by atoms with Crippen molar-refractivity contribution in [3.8, 4) is 11.8 Å². The lowest BCUT2D eigenvalue weighted by Crippen LogP contribution is -2.40. The SMILES string of the molecule is CCCC1CCCCN1CCCOc1ccc(C#N)cc1. The van der Waals surface area contributed by atoms with Crippen LogP contribution in [0.15, 0.2) is 24.3 Å². The van der Waals surface area contributed by atoms with Crippen LogP contribution in [0.25, 0.3) is 0 Å². The van der Waals surface area contributed by atoms with Crippen molar-refractivity contribution in [3.63, 3.8) is 0 Å². The molecule has 0 bridgehead atoms. The molecule has 3 nitrogen and oxygen atoms in total. The van der Waals surface area contributed by atoms with Gasteiger partial charge in [0.05, 0.1) is 18.2 Å². The van der Waals surface area contributed by atoms with Gasteiger partial charge in [-0.15, -0.1) is 0 Å². The lowest BCUT2D eigenvalue weighted by atomic mass is 9.98. The second kappa shape index (κ2) is 8.69. The highest BCUT2D eigenvalue weighted by Crippen LogP contribution is 2.21. The van der Waals surface area contributed by atoms with E-state index in [1.807, 2.05) is 12.1 Å². The molecule has 1 aliphatic heterocycles. The Morgan fingerprint density at radius 1 is 1.29 bits per heavy atom. The molecule has 1 aromatic rings. The normalized spacial score (nSPS) is 19.1. The molecular formula is C18H26N2O. The Kier molecular flexibility index (Phi) is 6.56. The van der Waals surface area contributed by atoms with Crippen LogP contribution in [0.3, 0.4) is 0 Å². The van der Waals surface area contributed by atoms with Crippen molar-refractivity contribution in [1.29, 1.82) is 5.26 Å². The Labute approximate surface area is 128 Å². The first kappa shape index (κ1) is 15.9. The van der Waals surface area contributed by atoms with Crippen LogP contribution in [-0.2, 0) is 0 Å². The van der Waals surface area contributed by atoms with E-state index in [2.05, 4.69) is 17.9 Å². The fourth-order valence-corrected chi connectivity index (χ4v) is 3.10. The van der Waals surface area contributed by atoms with Gasteiger partial charge in [0, 0.05) is 12.6 Å². The third kappa shape index (κ3) is 5.06. The number of likely N-dealkylation sites (tertiary alicyclic amines) is 1. The molecule has 0 saturated carbocycles. The number of nitriles is 1. The Morgan fingerprint density at radius 2 is 2.10 bits per heavy atom. The smallest absolute Gasteiger partial charge is 0.119 e. The molecule has 3 heteroatoms. The van der Waals surface area contributed by atoms with Crippen molar-refractivity contribution in [3.05, 3.63) is 29.8 Å². The summed E-state index contributed by atoms with van der Waals surface area (Å²) >= 11 is 0. The highest BCUT2D eigenvalue weighted by molar-refractivity contribution is 5.34. The molecule has 2 rings (SSSR count). The van der Waals surface area contributed by atoms with Gasteiger partial charge < -0.3 is 9.64 Å². The van der Waals surface area contributed by atoms with E-state index in [1.54, 1.807) is 12.1 Å². The zero-order valence-electron chi connectivity index (χ0n) is 13.1. The van der Waals surface area contributed by atoms with E-state index in [-0.39, 0.29) is 0 Å². The standard InChI is InChI=1S/C18H26N2O/c1-2-6-17-7-3-4-12-20(17)13-5-14-21-18-10-8-16(15-19)9-11-18/h8-11,17H,2-7,12-14H2,1H3. The topological polar surface area (TPSA) is 36.3 Å². The van der Waals surface area contributed by atoms with E-state index in [4.69, 9.17) is 10.00 Å². The summed E-state index contributed by atoms with van der Waals surface area (Å²) in [5.41, 5.74) is 0.679. The first-order valence-corrected chi connectivity index (χ1v) is 8.20. The van der Waals surface area contributed by atoms with Gasteiger partial charge in [0.2, 0.25) is 0 Å². The van der Waals surface area contributed by atoms with Gasteiger partial charge in [0.15, 0.2) is 0 Å². The quantitative estimate of drug-likeness (QED) is 0.711. The summed E-state index contributed by atoms with van der Waals surface area (Å²) in [6, 6.07) is 10.3. The molecule has 114 valence electrons. The van der Waals surface area contributed by atoms with E-state index in [0.717, 1.165) is 31.4 Å².